The molecule has 2 amide bonds. The van der Waals surface area contributed by atoms with Crippen LogP contribution < -0.4 is 9.47 Å². The van der Waals surface area contributed by atoms with Gasteiger partial charge >= 0.3 is 0 Å². The number of hydrogen-bond donors (Lipinski definition) is 0. The molecule has 1 aliphatic heterocycles. The number of methoxy groups -OCH3 is 2. The van der Waals surface area contributed by atoms with E-state index in [4.69, 9.17) is 21.1 Å². The first-order valence-corrected chi connectivity index (χ1v) is 9.53. The van der Waals surface area contributed by atoms with Gasteiger partial charge in [-0.25, -0.2) is 4.39 Å². The predicted octanol–water partition coefficient (Wildman–Crippen LogP) is 3.02. The summed E-state index contributed by atoms with van der Waals surface area (Å²) in [5.74, 6) is 0.456. The number of benzene rings is 2. The highest BCUT2D eigenvalue weighted by Crippen LogP contribution is 2.26. The summed E-state index contributed by atoms with van der Waals surface area (Å²) in [5, 5.41) is 0.0834. The summed E-state index contributed by atoms with van der Waals surface area (Å²) in [6, 6.07) is 9.05. The second-order valence-corrected chi connectivity index (χ2v) is 7.06. The van der Waals surface area contributed by atoms with Crippen LogP contribution >= 0.6 is 11.6 Å². The molecule has 6 nitrogen and oxygen atoms in total. The number of amides is 2. The van der Waals surface area contributed by atoms with E-state index in [1.807, 2.05) is 6.07 Å². The Bertz CT molecular complexity index is 914. The van der Waals surface area contributed by atoms with Crippen LogP contribution in [0, 0.1) is 5.82 Å². The number of halogens is 2. The largest absolute Gasteiger partial charge is 0.497 e. The van der Waals surface area contributed by atoms with E-state index in [0.29, 0.717) is 37.7 Å². The fraction of sp³-hybridized carbons (Fsp3) is 0.333. The molecule has 0 N–H and O–H groups in total. The highest BCUT2D eigenvalue weighted by molar-refractivity contribution is 6.33. The molecule has 3 rings (SSSR count). The zero-order valence-corrected chi connectivity index (χ0v) is 17.0. The molecule has 1 fully saturated rings. The molecule has 0 saturated carbocycles. The SMILES string of the molecule is COc1ccc(CC(=O)N2CCN(C(=O)c3ccc(F)cc3Cl)CC2)c(OC)c1. The van der Waals surface area contributed by atoms with Crippen LogP contribution in [0.25, 0.3) is 0 Å². The zero-order valence-electron chi connectivity index (χ0n) is 16.3. The number of piperazine rings is 1. The maximum Gasteiger partial charge on any atom is 0.255 e. The molecule has 1 heterocycles. The molecule has 2 aromatic rings. The first-order chi connectivity index (χ1) is 13.9. The predicted molar refractivity (Wildman–Crippen MR) is 107 cm³/mol. The number of nitrogens with zero attached hydrogens (tertiary/aromatic N) is 2. The van der Waals surface area contributed by atoms with Gasteiger partial charge in [-0.3, -0.25) is 9.59 Å². The second kappa shape index (κ2) is 9.13. The maximum atomic E-state index is 13.2. The number of carbonyl (C=O) groups excluding carboxylic acids is 2. The van der Waals surface area contributed by atoms with Gasteiger partial charge < -0.3 is 19.3 Å². The van der Waals surface area contributed by atoms with Crippen LogP contribution in [0.5, 0.6) is 11.5 Å². The van der Waals surface area contributed by atoms with Gasteiger partial charge in [-0.15, -0.1) is 0 Å². The molecular weight excluding hydrogens is 399 g/mol. The van der Waals surface area contributed by atoms with Gasteiger partial charge in [-0.1, -0.05) is 17.7 Å². The van der Waals surface area contributed by atoms with Crippen molar-refractivity contribution in [3.05, 3.63) is 58.4 Å². The lowest BCUT2D eigenvalue weighted by atomic mass is 10.1. The molecule has 0 atom stereocenters. The van der Waals surface area contributed by atoms with Crippen molar-refractivity contribution in [1.29, 1.82) is 0 Å². The van der Waals surface area contributed by atoms with Gasteiger partial charge in [0.15, 0.2) is 0 Å². The number of carbonyl (C=O) groups is 2. The lowest BCUT2D eigenvalue weighted by Gasteiger charge is -2.35. The van der Waals surface area contributed by atoms with Crippen LogP contribution in [-0.4, -0.2) is 62.0 Å². The molecule has 8 heteroatoms. The molecule has 154 valence electrons. The Morgan fingerprint density at radius 2 is 1.69 bits per heavy atom. The Morgan fingerprint density at radius 3 is 2.31 bits per heavy atom. The van der Waals surface area contributed by atoms with E-state index in [1.54, 1.807) is 36.2 Å². The van der Waals surface area contributed by atoms with Gasteiger partial charge in [0.2, 0.25) is 5.91 Å². The lowest BCUT2D eigenvalue weighted by Crippen LogP contribution is -2.51. The van der Waals surface area contributed by atoms with Gasteiger partial charge in [0.1, 0.15) is 17.3 Å². The van der Waals surface area contributed by atoms with Crippen LogP contribution in [0.1, 0.15) is 15.9 Å². The molecule has 0 aliphatic carbocycles. The van der Waals surface area contributed by atoms with Crippen molar-refractivity contribution in [3.63, 3.8) is 0 Å². The topological polar surface area (TPSA) is 59.1 Å². The standard InChI is InChI=1S/C21H22ClFN2O4/c1-28-16-5-3-14(19(13-16)29-2)11-20(26)24-7-9-25(10-8-24)21(27)17-6-4-15(23)12-18(17)22/h3-6,12-13H,7-11H2,1-2H3. The summed E-state index contributed by atoms with van der Waals surface area (Å²) in [4.78, 5) is 28.7. The molecule has 1 aliphatic rings. The molecule has 0 radical (unpaired) electrons. The van der Waals surface area contributed by atoms with Gasteiger partial charge in [0.25, 0.3) is 5.91 Å². The van der Waals surface area contributed by atoms with Crippen LogP contribution in [-0.2, 0) is 11.2 Å². The highest BCUT2D eigenvalue weighted by atomic mass is 35.5. The monoisotopic (exact) mass is 420 g/mol. The van der Waals surface area contributed by atoms with Gasteiger partial charge in [0.05, 0.1) is 31.2 Å². The maximum absolute atomic E-state index is 13.2. The van der Waals surface area contributed by atoms with E-state index < -0.39 is 5.82 Å². The van der Waals surface area contributed by atoms with Gasteiger partial charge in [-0.05, 0) is 24.3 Å². The van der Waals surface area contributed by atoms with E-state index in [1.165, 1.54) is 12.1 Å². The number of rotatable bonds is 5. The summed E-state index contributed by atoms with van der Waals surface area (Å²) in [7, 11) is 3.12. The molecule has 0 unspecified atom stereocenters. The zero-order chi connectivity index (χ0) is 21.0. The third kappa shape index (κ3) is 4.79. The first-order valence-electron chi connectivity index (χ1n) is 9.16. The second-order valence-electron chi connectivity index (χ2n) is 6.65. The average molecular weight is 421 g/mol. The Kier molecular flexibility index (Phi) is 6.59. The van der Waals surface area contributed by atoms with Crippen molar-refractivity contribution in [2.75, 3.05) is 40.4 Å². The molecule has 0 spiro atoms. The van der Waals surface area contributed by atoms with Crippen LogP contribution in [0.2, 0.25) is 5.02 Å². The third-order valence-electron chi connectivity index (χ3n) is 4.92. The smallest absolute Gasteiger partial charge is 0.255 e. The lowest BCUT2D eigenvalue weighted by molar-refractivity contribution is -0.131. The minimum Gasteiger partial charge on any atom is -0.497 e. The highest BCUT2D eigenvalue weighted by Gasteiger charge is 2.26. The van der Waals surface area contributed by atoms with E-state index in [-0.39, 0.29) is 28.8 Å². The first kappa shape index (κ1) is 20.9. The van der Waals surface area contributed by atoms with Crippen molar-refractivity contribution in [3.8, 4) is 11.5 Å². The molecular formula is C21H22ClFN2O4. The molecule has 29 heavy (non-hydrogen) atoms. The van der Waals surface area contributed by atoms with Crippen molar-refractivity contribution in [2.45, 2.75) is 6.42 Å². The Morgan fingerprint density at radius 1 is 1.00 bits per heavy atom. The van der Waals surface area contributed by atoms with Crippen molar-refractivity contribution >= 4 is 23.4 Å². The molecule has 0 aromatic heterocycles. The van der Waals surface area contributed by atoms with E-state index >= 15 is 0 Å². The fourth-order valence-electron chi connectivity index (χ4n) is 3.26. The molecule has 1 saturated heterocycles. The van der Waals surface area contributed by atoms with E-state index in [2.05, 4.69) is 0 Å². The normalized spacial score (nSPS) is 13.9. The minimum absolute atomic E-state index is 0.0413. The third-order valence-corrected chi connectivity index (χ3v) is 5.23. The summed E-state index contributed by atoms with van der Waals surface area (Å²) >= 11 is 5.99. The summed E-state index contributed by atoms with van der Waals surface area (Å²) in [5.41, 5.74) is 1.03. The van der Waals surface area contributed by atoms with Crippen molar-refractivity contribution in [1.82, 2.24) is 9.80 Å². The Balaban J connectivity index is 1.60. The molecule has 2 aromatic carbocycles. The Hall–Kier alpha value is -2.80. The fourth-order valence-corrected chi connectivity index (χ4v) is 3.51. The van der Waals surface area contributed by atoms with Gasteiger partial charge in [0, 0.05) is 37.8 Å². The number of hydrogen-bond acceptors (Lipinski definition) is 4. The molecule has 0 bridgehead atoms. The van der Waals surface area contributed by atoms with Crippen molar-refractivity contribution < 1.29 is 23.5 Å². The summed E-state index contributed by atoms with van der Waals surface area (Å²) < 4.78 is 23.7. The number of ether oxygens (including phenoxy) is 2. The average Bonchev–Trinajstić information content (AvgIpc) is 2.73. The minimum atomic E-state index is -0.490. The van der Waals surface area contributed by atoms with Crippen LogP contribution in [0.15, 0.2) is 36.4 Å². The quantitative estimate of drug-likeness (QED) is 0.746. The van der Waals surface area contributed by atoms with Crippen LogP contribution in [0.3, 0.4) is 0 Å². The Labute approximate surface area is 173 Å². The van der Waals surface area contributed by atoms with Crippen LogP contribution in [0.4, 0.5) is 4.39 Å². The van der Waals surface area contributed by atoms with Gasteiger partial charge in [-0.2, -0.15) is 0 Å². The van der Waals surface area contributed by atoms with E-state index in [9.17, 15) is 14.0 Å². The van der Waals surface area contributed by atoms with E-state index in [0.717, 1.165) is 11.6 Å². The van der Waals surface area contributed by atoms with Crippen molar-refractivity contribution in [2.24, 2.45) is 0 Å². The summed E-state index contributed by atoms with van der Waals surface area (Å²) in [6.45, 7) is 1.61. The summed E-state index contributed by atoms with van der Waals surface area (Å²) in [6.07, 6.45) is 0.199.